The van der Waals surface area contributed by atoms with Crippen molar-refractivity contribution in [1.29, 1.82) is 0 Å². The van der Waals surface area contributed by atoms with Gasteiger partial charge in [0.05, 0.1) is 10.2 Å². The van der Waals surface area contributed by atoms with E-state index in [9.17, 15) is 5.11 Å². The predicted molar refractivity (Wildman–Crippen MR) is 71.4 cm³/mol. The van der Waals surface area contributed by atoms with Gasteiger partial charge in [-0.05, 0) is 40.2 Å². The summed E-state index contributed by atoms with van der Waals surface area (Å²) in [6, 6.07) is 12.4. The highest BCUT2D eigenvalue weighted by molar-refractivity contribution is 9.10. The van der Waals surface area contributed by atoms with Gasteiger partial charge in [-0.2, -0.15) is 5.11 Å². The predicted octanol–water partition coefficient (Wildman–Crippen LogP) is 5.22. The summed E-state index contributed by atoms with van der Waals surface area (Å²) in [7, 11) is 0. The number of hydrogen-bond donors (Lipinski definition) is 1. The fourth-order valence-electron chi connectivity index (χ4n) is 1.23. The van der Waals surface area contributed by atoms with Crippen molar-refractivity contribution in [2.75, 3.05) is 0 Å². The summed E-state index contributed by atoms with van der Waals surface area (Å²) in [5.74, 6) is 0.0223. The van der Waals surface area contributed by atoms with Crippen LogP contribution in [0.1, 0.15) is 0 Å². The van der Waals surface area contributed by atoms with Crippen molar-refractivity contribution in [3.05, 3.63) is 52.0 Å². The van der Waals surface area contributed by atoms with Crippen LogP contribution in [0, 0.1) is 0 Å². The van der Waals surface area contributed by atoms with E-state index in [2.05, 4.69) is 26.2 Å². The molecule has 0 aliphatic heterocycles. The number of benzene rings is 2. The van der Waals surface area contributed by atoms with Crippen LogP contribution in [-0.4, -0.2) is 5.11 Å². The monoisotopic (exact) mass is 310 g/mol. The number of aromatic hydroxyl groups is 1. The van der Waals surface area contributed by atoms with E-state index in [1.165, 1.54) is 0 Å². The zero-order chi connectivity index (χ0) is 12.3. The Morgan fingerprint density at radius 2 is 1.76 bits per heavy atom. The van der Waals surface area contributed by atoms with Gasteiger partial charge >= 0.3 is 0 Å². The smallest absolute Gasteiger partial charge is 0.157 e. The molecule has 0 amide bonds. The van der Waals surface area contributed by atoms with E-state index < -0.39 is 0 Å². The van der Waals surface area contributed by atoms with Gasteiger partial charge in [0.15, 0.2) is 5.75 Å². The second-order valence-corrected chi connectivity index (χ2v) is 4.58. The van der Waals surface area contributed by atoms with Crippen LogP contribution in [-0.2, 0) is 0 Å². The number of azo groups is 1. The minimum Gasteiger partial charge on any atom is -0.505 e. The van der Waals surface area contributed by atoms with Gasteiger partial charge in [0.25, 0.3) is 0 Å². The Bertz CT molecular complexity index is 558. The molecule has 0 spiro atoms. The maximum absolute atomic E-state index is 9.74. The summed E-state index contributed by atoms with van der Waals surface area (Å²) in [5, 5.41) is 18.2. The first-order valence-corrected chi connectivity index (χ1v) is 5.99. The molecule has 0 saturated carbocycles. The number of nitrogens with zero attached hydrogens (tertiary/aromatic N) is 2. The van der Waals surface area contributed by atoms with Crippen molar-refractivity contribution in [3.8, 4) is 5.75 Å². The number of hydrogen-bond acceptors (Lipinski definition) is 3. The van der Waals surface area contributed by atoms with Crippen molar-refractivity contribution in [1.82, 2.24) is 0 Å². The van der Waals surface area contributed by atoms with Crippen LogP contribution in [0.5, 0.6) is 5.75 Å². The number of phenolic OH excluding ortho intramolecular Hbond substituents is 1. The first-order chi connectivity index (χ1) is 8.16. The van der Waals surface area contributed by atoms with Crippen molar-refractivity contribution < 1.29 is 5.11 Å². The summed E-state index contributed by atoms with van der Waals surface area (Å²) in [6.07, 6.45) is 0. The van der Waals surface area contributed by atoms with Gasteiger partial charge in [-0.3, -0.25) is 0 Å². The third-order valence-electron chi connectivity index (χ3n) is 2.04. The third-order valence-corrected chi connectivity index (χ3v) is 2.86. The average molecular weight is 312 g/mol. The number of halogens is 2. The molecule has 0 heterocycles. The second kappa shape index (κ2) is 5.29. The SMILES string of the molecule is Oc1c(Br)cc(Cl)cc1N=Nc1ccccc1. The molecular formula is C12H8BrClN2O. The molecule has 2 aromatic rings. The van der Waals surface area contributed by atoms with Crippen LogP contribution < -0.4 is 0 Å². The summed E-state index contributed by atoms with van der Waals surface area (Å²) < 4.78 is 0.493. The molecule has 86 valence electrons. The van der Waals surface area contributed by atoms with E-state index in [4.69, 9.17) is 11.6 Å². The average Bonchev–Trinajstić information content (AvgIpc) is 2.33. The van der Waals surface area contributed by atoms with E-state index in [0.29, 0.717) is 20.9 Å². The molecule has 3 nitrogen and oxygen atoms in total. The molecule has 5 heteroatoms. The standard InChI is InChI=1S/C12H8BrClN2O/c13-10-6-8(14)7-11(12(10)17)16-15-9-4-2-1-3-5-9/h1-7,17H. The summed E-state index contributed by atoms with van der Waals surface area (Å²) in [6.45, 7) is 0. The van der Waals surface area contributed by atoms with Gasteiger partial charge in [-0.15, -0.1) is 5.11 Å². The van der Waals surface area contributed by atoms with Crippen LogP contribution in [0.25, 0.3) is 0 Å². The summed E-state index contributed by atoms with van der Waals surface area (Å²) in [4.78, 5) is 0. The molecule has 2 rings (SSSR count). The Hall–Kier alpha value is -1.39. The van der Waals surface area contributed by atoms with Gasteiger partial charge in [0, 0.05) is 5.02 Å². The molecule has 0 fully saturated rings. The van der Waals surface area contributed by atoms with E-state index in [-0.39, 0.29) is 5.75 Å². The molecule has 0 unspecified atom stereocenters. The van der Waals surface area contributed by atoms with Crippen LogP contribution in [0.4, 0.5) is 11.4 Å². The van der Waals surface area contributed by atoms with Gasteiger partial charge < -0.3 is 5.11 Å². The lowest BCUT2D eigenvalue weighted by atomic mass is 10.3. The van der Waals surface area contributed by atoms with Gasteiger partial charge in [0.1, 0.15) is 5.69 Å². The fourth-order valence-corrected chi connectivity index (χ4v) is 2.03. The summed E-state index contributed by atoms with van der Waals surface area (Å²) in [5.41, 5.74) is 1.04. The molecule has 0 atom stereocenters. The number of rotatable bonds is 2. The largest absolute Gasteiger partial charge is 0.505 e. The maximum atomic E-state index is 9.74. The van der Waals surface area contributed by atoms with Crippen LogP contribution in [0.15, 0.2) is 57.2 Å². The third kappa shape index (κ3) is 3.05. The first kappa shape index (κ1) is 12.1. The van der Waals surface area contributed by atoms with E-state index in [1.807, 2.05) is 30.3 Å². The first-order valence-electron chi connectivity index (χ1n) is 4.81. The van der Waals surface area contributed by atoms with Crippen LogP contribution in [0.3, 0.4) is 0 Å². The van der Waals surface area contributed by atoms with E-state index >= 15 is 0 Å². The molecule has 0 aliphatic rings. The molecule has 0 bridgehead atoms. The van der Waals surface area contributed by atoms with E-state index in [1.54, 1.807) is 12.1 Å². The minimum absolute atomic E-state index is 0.0223. The van der Waals surface area contributed by atoms with Crippen LogP contribution >= 0.6 is 27.5 Å². The lowest BCUT2D eigenvalue weighted by Crippen LogP contribution is -1.72. The van der Waals surface area contributed by atoms with Crippen molar-refractivity contribution in [3.63, 3.8) is 0 Å². The molecular weight excluding hydrogens is 304 g/mol. The Kier molecular flexibility index (Phi) is 3.76. The molecule has 1 N–H and O–H groups in total. The van der Waals surface area contributed by atoms with Crippen molar-refractivity contribution in [2.24, 2.45) is 10.2 Å². The lowest BCUT2D eigenvalue weighted by molar-refractivity contribution is 0.473. The summed E-state index contributed by atoms with van der Waals surface area (Å²) >= 11 is 9.05. The fraction of sp³-hybridized carbons (Fsp3) is 0. The Balaban J connectivity index is 2.33. The number of phenols is 1. The van der Waals surface area contributed by atoms with Crippen LogP contribution in [0.2, 0.25) is 5.02 Å². The van der Waals surface area contributed by atoms with Gasteiger partial charge in [-0.1, -0.05) is 29.8 Å². The Morgan fingerprint density at radius 3 is 2.47 bits per heavy atom. The normalized spacial score (nSPS) is 10.9. The molecule has 0 aliphatic carbocycles. The highest BCUT2D eigenvalue weighted by Gasteiger charge is 2.06. The topological polar surface area (TPSA) is 45.0 Å². The molecule has 2 aromatic carbocycles. The van der Waals surface area contributed by atoms with Gasteiger partial charge in [-0.25, -0.2) is 0 Å². The quantitative estimate of drug-likeness (QED) is 0.759. The highest BCUT2D eigenvalue weighted by Crippen LogP contribution is 2.37. The van der Waals surface area contributed by atoms with Crippen molar-refractivity contribution in [2.45, 2.75) is 0 Å². The molecule has 0 radical (unpaired) electrons. The van der Waals surface area contributed by atoms with Crippen molar-refractivity contribution >= 4 is 38.9 Å². The maximum Gasteiger partial charge on any atom is 0.157 e. The van der Waals surface area contributed by atoms with E-state index in [0.717, 1.165) is 0 Å². The minimum atomic E-state index is 0.0223. The zero-order valence-electron chi connectivity index (χ0n) is 8.64. The second-order valence-electron chi connectivity index (χ2n) is 3.29. The van der Waals surface area contributed by atoms with Gasteiger partial charge in [0.2, 0.25) is 0 Å². The Labute approximate surface area is 112 Å². The Morgan fingerprint density at radius 1 is 1.06 bits per heavy atom. The molecule has 17 heavy (non-hydrogen) atoms. The molecule has 0 aromatic heterocycles. The lowest BCUT2D eigenvalue weighted by Gasteiger charge is -2.01. The zero-order valence-corrected chi connectivity index (χ0v) is 11.0. The molecule has 0 saturated heterocycles. The highest BCUT2D eigenvalue weighted by atomic mass is 79.9.